The second-order valence-electron chi connectivity index (χ2n) is 3.57. The molecule has 0 saturated heterocycles. The van der Waals surface area contributed by atoms with Crippen LogP contribution in [0.15, 0.2) is 24.3 Å². The minimum absolute atomic E-state index is 0.391. The average molecular weight is 224 g/mol. The van der Waals surface area contributed by atoms with Gasteiger partial charge < -0.3 is 14.9 Å². The van der Waals surface area contributed by atoms with E-state index in [1.807, 2.05) is 0 Å². The molecule has 0 radical (unpaired) electrons. The van der Waals surface area contributed by atoms with Gasteiger partial charge in [0, 0.05) is 0 Å². The molecule has 1 aromatic rings. The van der Waals surface area contributed by atoms with E-state index in [1.165, 1.54) is 0 Å². The minimum Gasteiger partial charge on any atom is -0.497 e. The Balaban J connectivity index is 2.86. The number of carbonyl (C=O) groups is 1. The lowest BCUT2D eigenvalue weighted by Crippen LogP contribution is -2.21. The van der Waals surface area contributed by atoms with Crippen LogP contribution in [0.3, 0.4) is 0 Å². The van der Waals surface area contributed by atoms with E-state index in [0.29, 0.717) is 17.7 Å². The van der Waals surface area contributed by atoms with Crippen molar-refractivity contribution in [1.29, 1.82) is 0 Å². The van der Waals surface area contributed by atoms with E-state index >= 15 is 0 Å². The summed E-state index contributed by atoms with van der Waals surface area (Å²) in [5.41, 5.74) is 0.593. The number of hydrogen-bond donors (Lipinski definition) is 2. The lowest BCUT2D eigenvalue weighted by Gasteiger charge is -2.17. The molecule has 0 aliphatic carbocycles. The number of aliphatic hydroxyl groups is 1. The van der Waals surface area contributed by atoms with Gasteiger partial charge in [0.1, 0.15) is 5.75 Å². The Labute approximate surface area is 94.5 Å². The molecule has 2 N–H and O–H groups in total. The summed E-state index contributed by atoms with van der Waals surface area (Å²) in [6.45, 7) is 1.74. The molecule has 4 heteroatoms. The molecule has 0 heterocycles. The Morgan fingerprint density at radius 3 is 2.31 bits per heavy atom. The summed E-state index contributed by atoms with van der Waals surface area (Å²) in [5, 5.41) is 18.8. The standard InChI is InChI=1S/C12H16O4/c1-3-10(12(14)15)11(13)8-4-6-9(16-2)7-5-8/h4-7,10-11,13H,3H2,1-2H3,(H,14,15). The van der Waals surface area contributed by atoms with Gasteiger partial charge in [0.25, 0.3) is 0 Å². The number of ether oxygens (including phenoxy) is 1. The maximum absolute atomic E-state index is 10.9. The van der Waals surface area contributed by atoms with Crippen LogP contribution in [0.5, 0.6) is 5.75 Å². The highest BCUT2D eigenvalue weighted by atomic mass is 16.5. The van der Waals surface area contributed by atoms with Gasteiger partial charge in [-0.05, 0) is 24.1 Å². The summed E-state index contributed by atoms with van der Waals surface area (Å²) < 4.78 is 4.99. The van der Waals surface area contributed by atoms with Crippen molar-refractivity contribution in [2.24, 2.45) is 5.92 Å². The van der Waals surface area contributed by atoms with Crippen LogP contribution in [0, 0.1) is 5.92 Å². The quantitative estimate of drug-likeness (QED) is 0.800. The van der Waals surface area contributed by atoms with Crippen molar-refractivity contribution in [2.75, 3.05) is 7.11 Å². The monoisotopic (exact) mass is 224 g/mol. The number of aliphatic hydroxyl groups excluding tert-OH is 1. The fourth-order valence-electron chi connectivity index (χ4n) is 1.57. The van der Waals surface area contributed by atoms with Crippen LogP contribution in [0.2, 0.25) is 0 Å². The number of rotatable bonds is 5. The van der Waals surface area contributed by atoms with Crippen LogP contribution in [0.25, 0.3) is 0 Å². The summed E-state index contributed by atoms with van der Waals surface area (Å²) in [5.74, 6) is -1.07. The normalized spacial score (nSPS) is 14.2. The molecular formula is C12H16O4. The second-order valence-corrected chi connectivity index (χ2v) is 3.57. The van der Waals surface area contributed by atoms with Gasteiger partial charge in [-0.1, -0.05) is 19.1 Å². The molecule has 0 amide bonds. The summed E-state index contributed by atoms with van der Waals surface area (Å²) in [4.78, 5) is 10.9. The van der Waals surface area contributed by atoms with E-state index in [9.17, 15) is 9.90 Å². The molecule has 0 bridgehead atoms. The highest BCUT2D eigenvalue weighted by Gasteiger charge is 2.25. The van der Waals surface area contributed by atoms with Crippen molar-refractivity contribution in [1.82, 2.24) is 0 Å². The third-order valence-electron chi connectivity index (χ3n) is 2.60. The highest BCUT2D eigenvalue weighted by Crippen LogP contribution is 2.26. The fraction of sp³-hybridized carbons (Fsp3) is 0.417. The lowest BCUT2D eigenvalue weighted by molar-refractivity contribution is -0.146. The van der Waals surface area contributed by atoms with Crippen molar-refractivity contribution in [2.45, 2.75) is 19.4 Å². The molecule has 16 heavy (non-hydrogen) atoms. The van der Waals surface area contributed by atoms with Gasteiger partial charge in [0.15, 0.2) is 0 Å². The van der Waals surface area contributed by atoms with Gasteiger partial charge >= 0.3 is 5.97 Å². The van der Waals surface area contributed by atoms with Crippen LogP contribution < -0.4 is 4.74 Å². The number of methoxy groups -OCH3 is 1. The smallest absolute Gasteiger partial charge is 0.309 e. The predicted molar refractivity (Wildman–Crippen MR) is 59.4 cm³/mol. The molecule has 0 aliphatic heterocycles. The summed E-state index contributed by atoms with van der Waals surface area (Å²) in [7, 11) is 1.55. The highest BCUT2D eigenvalue weighted by molar-refractivity contribution is 5.71. The molecule has 2 unspecified atom stereocenters. The van der Waals surface area contributed by atoms with Crippen molar-refractivity contribution < 1.29 is 19.7 Å². The van der Waals surface area contributed by atoms with E-state index in [2.05, 4.69) is 0 Å². The maximum Gasteiger partial charge on any atom is 0.309 e. The summed E-state index contributed by atoms with van der Waals surface area (Å²) in [6.07, 6.45) is -0.587. The molecule has 4 nitrogen and oxygen atoms in total. The van der Waals surface area contributed by atoms with Gasteiger partial charge in [-0.25, -0.2) is 0 Å². The molecule has 0 aromatic heterocycles. The molecule has 1 rings (SSSR count). The molecule has 0 saturated carbocycles. The average Bonchev–Trinajstić information content (AvgIpc) is 2.29. The van der Waals surface area contributed by atoms with E-state index in [1.54, 1.807) is 38.3 Å². The Morgan fingerprint density at radius 2 is 1.94 bits per heavy atom. The van der Waals surface area contributed by atoms with Crippen LogP contribution in [0.1, 0.15) is 25.0 Å². The first kappa shape index (κ1) is 12.5. The number of benzene rings is 1. The molecule has 0 aliphatic rings. The van der Waals surface area contributed by atoms with Crippen molar-refractivity contribution >= 4 is 5.97 Å². The molecular weight excluding hydrogens is 208 g/mol. The van der Waals surface area contributed by atoms with Gasteiger partial charge in [-0.2, -0.15) is 0 Å². The molecule has 1 aromatic carbocycles. The van der Waals surface area contributed by atoms with Crippen molar-refractivity contribution in [3.63, 3.8) is 0 Å². The predicted octanol–water partition coefficient (Wildman–Crippen LogP) is 1.84. The van der Waals surface area contributed by atoms with Gasteiger partial charge in [-0.15, -0.1) is 0 Å². The van der Waals surface area contributed by atoms with Gasteiger partial charge in [-0.3, -0.25) is 4.79 Å². The Morgan fingerprint density at radius 1 is 1.38 bits per heavy atom. The van der Waals surface area contributed by atoms with Crippen LogP contribution in [-0.4, -0.2) is 23.3 Å². The van der Waals surface area contributed by atoms with Crippen LogP contribution in [-0.2, 0) is 4.79 Å². The number of hydrogen-bond acceptors (Lipinski definition) is 3. The Hall–Kier alpha value is -1.55. The Kier molecular flexibility index (Phi) is 4.31. The number of carboxylic acids is 1. The Bertz CT molecular complexity index is 345. The van der Waals surface area contributed by atoms with E-state index in [-0.39, 0.29) is 0 Å². The van der Waals surface area contributed by atoms with E-state index in [0.717, 1.165) is 0 Å². The number of carboxylic acid groups (broad SMARTS) is 1. The van der Waals surface area contributed by atoms with Crippen molar-refractivity contribution in [3.8, 4) is 5.75 Å². The first-order valence-electron chi connectivity index (χ1n) is 5.15. The zero-order valence-electron chi connectivity index (χ0n) is 9.38. The minimum atomic E-state index is -0.981. The maximum atomic E-state index is 10.9. The molecule has 0 spiro atoms. The zero-order chi connectivity index (χ0) is 12.1. The van der Waals surface area contributed by atoms with Gasteiger partial charge in [0.05, 0.1) is 19.1 Å². The van der Waals surface area contributed by atoms with E-state index in [4.69, 9.17) is 9.84 Å². The first-order valence-corrected chi connectivity index (χ1v) is 5.15. The molecule has 0 fully saturated rings. The second kappa shape index (κ2) is 5.51. The molecule has 2 atom stereocenters. The lowest BCUT2D eigenvalue weighted by atomic mass is 9.93. The van der Waals surface area contributed by atoms with Crippen LogP contribution >= 0.6 is 0 Å². The van der Waals surface area contributed by atoms with Crippen LogP contribution in [0.4, 0.5) is 0 Å². The number of aliphatic carboxylic acids is 1. The van der Waals surface area contributed by atoms with Crippen molar-refractivity contribution in [3.05, 3.63) is 29.8 Å². The first-order chi connectivity index (χ1) is 7.60. The summed E-state index contributed by atoms with van der Waals surface area (Å²) in [6, 6.07) is 6.75. The van der Waals surface area contributed by atoms with E-state index < -0.39 is 18.0 Å². The SMILES string of the molecule is CCC(C(=O)O)C(O)c1ccc(OC)cc1. The summed E-state index contributed by atoms with van der Waals surface area (Å²) >= 11 is 0. The third-order valence-corrected chi connectivity index (χ3v) is 2.60. The third kappa shape index (κ3) is 2.73. The zero-order valence-corrected chi connectivity index (χ0v) is 9.38. The molecule has 88 valence electrons. The topological polar surface area (TPSA) is 66.8 Å². The largest absolute Gasteiger partial charge is 0.497 e. The fourth-order valence-corrected chi connectivity index (χ4v) is 1.57. The van der Waals surface area contributed by atoms with Gasteiger partial charge in [0.2, 0.25) is 0 Å².